The molecule has 3 nitrogen and oxygen atoms in total. The second-order valence-electron chi connectivity index (χ2n) is 4.79. The maximum Gasteiger partial charge on any atom is 0.137 e. The number of methoxy groups -OCH3 is 1. The Bertz CT molecular complexity index is 397. The minimum Gasteiger partial charge on any atom is -0.495 e. The van der Waals surface area contributed by atoms with E-state index in [9.17, 15) is 0 Å². The van der Waals surface area contributed by atoms with Crippen LogP contribution in [-0.4, -0.2) is 38.2 Å². The van der Waals surface area contributed by atoms with E-state index >= 15 is 0 Å². The number of ether oxygens (including phenoxy) is 1. The molecule has 1 aromatic carbocycles. The molecule has 0 bridgehead atoms. The summed E-state index contributed by atoms with van der Waals surface area (Å²) in [6.45, 7) is 3.20. The average molecular weight is 269 g/mol. The Kier molecular flexibility index (Phi) is 4.87. The van der Waals surface area contributed by atoms with Gasteiger partial charge in [-0.25, -0.2) is 0 Å². The Hall–Kier alpha value is -0.770. The van der Waals surface area contributed by atoms with Crippen LogP contribution in [0.15, 0.2) is 18.2 Å². The van der Waals surface area contributed by atoms with Crippen LogP contribution in [0.4, 0.5) is 0 Å². The van der Waals surface area contributed by atoms with Crippen LogP contribution in [0.2, 0.25) is 5.02 Å². The molecule has 0 aromatic heterocycles. The molecule has 0 saturated carbocycles. The van der Waals surface area contributed by atoms with E-state index in [1.165, 1.54) is 24.9 Å². The van der Waals surface area contributed by atoms with Gasteiger partial charge in [-0.3, -0.25) is 4.90 Å². The number of benzene rings is 1. The minimum absolute atomic E-state index is 0.649. The molecule has 1 atom stereocenters. The lowest BCUT2D eigenvalue weighted by atomic mass is 10.1. The highest BCUT2D eigenvalue weighted by Crippen LogP contribution is 2.27. The molecule has 0 spiro atoms. The van der Waals surface area contributed by atoms with Gasteiger partial charge in [0, 0.05) is 19.1 Å². The SMILES string of the molecule is CNCC1CCCN1Cc1ccc(OC)c(Cl)c1. The van der Waals surface area contributed by atoms with Gasteiger partial charge in [-0.2, -0.15) is 0 Å². The lowest BCUT2D eigenvalue weighted by Gasteiger charge is -2.24. The number of halogens is 1. The van der Waals surface area contributed by atoms with E-state index in [-0.39, 0.29) is 0 Å². The molecule has 4 heteroatoms. The zero-order valence-corrected chi connectivity index (χ0v) is 11.8. The van der Waals surface area contributed by atoms with Crippen LogP contribution in [0.5, 0.6) is 5.75 Å². The summed E-state index contributed by atoms with van der Waals surface area (Å²) in [5, 5.41) is 3.96. The Morgan fingerprint density at radius 1 is 1.50 bits per heavy atom. The maximum atomic E-state index is 6.16. The predicted molar refractivity (Wildman–Crippen MR) is 75.4 cm³/mol. The van der Waals surface area contributed by atoms with Crippen molar-refractivity contribution >= 4 is 11.6 Å². The van der Waals surface area contributed by atoms with Crippen molar-refractivity contribution in [2.24, 2.45) is 0 Å². The summed E-state index contributed by atoms with van der Waals surface area (Å²) in [4.78, 5) is 2.52. The van der Waals surface area contributed by atoms with Crippen molar-refractivity contribution in [1.29, 1.82) is 0 Å². The van der Waals surface area contributed by atoms with Gasteiger partial charge in [0.25, 0.3) is 0 Å². The number of nitrogens with zero attached hydrogens (tertiary/aromatic N) is 1. The molecule has 1 saturated heterocycles. The summed E-state index contributed by atoms with van der Waals surface area (Å²) in [5.74, 6) is 0.744. The Balaban J connectivity index is 2.02. The third-order valence-electron chi connectivity index (χ3n) is 3.54. The molecule has 2 rings (SSSR count). The highest BCUT2D eigenvalue weighted by atomic mass is 35.5. The van der Waals surface area contributed by atoms with Gasteiger partial charge in [0.1, 0.15) is 5.75 Å². The lowest BCUT2D eigenvalue weighted by Crippen LogP contribution is -2.36. The van der Waals surface area contributed by atoms with Crippen molar-refractivity contribution in [2.75, 3.05) is 27.2 Å². The van der Waals surface area contributed by atoms with Gasteiger partial charge in [-0.1, -0.05) is 17.7 Å². The van der Waals surface area contributed by atoms with E-state index in [4.69, 9.17) is 16.3 Å². The summed E-state index contributed by atoms with van der Waals surface area (Å²) < 4.78 is 5.17. The Morgan fingerprint density at radius 2 is 2.33 bits per heavy atom. The number of hydrogen-bond donors (Lipinski definition) is 1. The van der Waals surface area contributed by atoms with E-state index in [2.05, 4.69) is 16.3 Å². The van der Waals surface area contributed by atoms with Gasteiger partial charge < -0.3 is 10.1 Å². The number of rotatable bonds is 5. The van der Waals surface area contributed by atoms with Crippen LogP contribution in [0.1, 0.15) is 18.4 Å². The summed E-state index contributed by atoms with van der Waals surface area (Å²) in [5.41, 5.74) is 1.25. The summed E-state index contributed by atoms with van der Waals surface area (Å²) >= 11 is 6.16. The smallest absolute Gasteiger partial charge is 0.137 e. The monoisotopic (exact) mass is 268 g/mol. The van der Waals surface area contributed by atoms with Crippen molar-refractivity contribution in [3.05, 3.63) is 28.8 Å². The Morgan fingerprint density at radius 3 is 3.00 bits per heavy atom. The van der Waals surface area contributed by atoms with E-state index < -0.39 is 0 Å². The predicted octanol–water partition coefficient (Wildman–Crippen LogP) is 2.53. The fraction of sp³-hybridized carbons (Fsp3) is 0.571. The van der Waals surface area contributed by atoms with Crippen LogP contribution in [0.25, 0.3) is 0 Å². The van der Waals surface area contributed by atoms with Crippen LogP contribution in [0.3, 0.4) is 0 Å². The molecule has 0 amide bonds. The third-order valence-corrected chi connectivity index (χ3v) is 3.84. The van der Waals surface area contributed by atoms with Crippen molar-refractivity contribution in [3.63, 3.8) is 0 Å². The van der Waals surface area contributed by atoms with Crippen molar-refractivity contribution in [3.8, 4) is 5.75 Å². The zero-order valence-electron chi connectivity index (χ0n) is 11.1. The standard InChI is InChI=1S/C14H21ClN2O/c1-16-9-12-4-3-7-17(12)10-11-5-6-14(18-2)13(15)8-11/h5-6,8,12,16H,3-4,7,9-10H2,1-2H3. The van der Waals surface area contributed by atoms with Crippen molar-refractivity contribution in [1.82, 2.24) is 10.2 Å². The first-order valence-corrected chi connectivity index (χ1v) is 6.83. The highest BCUT2D eigenvalue weighted by Gasteiger charge is 2.23. The fourth-order valence-corrected chi connectivity index (χ4v) is 2.89. The van der Waals surface area contributed by atoms with E-state index in [1.807, 2.05) is 19.2 Å². The van der Waals surface area contributed by atoms with E-state index in [1.54, 1.807) is 7.11 Å². The molecule has 0 radical (unpaired) electrons. The first kappa shape index (κ1) is 13.7. The Labute approximate surface area is 114 Å². The summed E-state index contributed by atoms with van der Waals surface area (Å²) in [6.07, 6.45) is 2.57. The number of likely N-dealkylation sites (tertiary alicyclic amines) is 1. The average Bonchev–Trinajstić information content (AvgIpc) is 2.78. The molecule has 1 heterocycles. The zero-order chi connectivity index (χ0) is 13.0. The molecule has 1 fully saturated rings. The topological polar surface area (TPSA) is 24.5 Å². The summed E-state index contributed by atoms with van der Waals surface area (Å²) in [6, 6.07) is 6.70. The van der Waals surface area contributed by atoms with Gasteiger partial charge >= 0.3 is 0 Å². The molecule has 1 aromatic rings. The van der Waals surface area contributed by atoms with Gasteiger partial charge in [0.15, 0.2) is 0 Å². The van der Waals surface area contributed by atoms with Gasteiger partial charge in [-0.05, 0) is 44.1 Å². The molecular formula is C14H21ClN2O. The molecule has 1 unspecified atom stereocenters. The molecular weight excluding hydrogens is 248 g/mol. The molecule has 1 aliphatic rings. The minimum atomic E-state index is 0.649. The maximum absolute atomic E-state index is 6.16. The normalized spacial score (nSPS) is 20.3. The molecule has 100 valence electrons. The van der Waals surface area contributed by atoms with Crippen LogP contribution in [-0.2, 0) is 6.54 Å². The van der Waals surface area contributed by atoms with Gasteiger partial charge in [-0.15, -0.1) is 0 Å². The first-order chi connectivity index (χ1) is 8.74. The quantitative estimate of drug-likeness (QED) is 0.888. The molecule has 1 aliphatic heterocycles. The fourth-order valence-electron chi connectivity index (χ4n) is 2.61. The highest BCUT2D eigenvalue weighted by molar-refractivity contribution is 6.32. The number of likely N-dealkylation sites (N-methyl/N-ethyl adjacent to an activating group) is 1. The summed E-state index contributed by atoms with van der Waals surface area (Å²) in [7, 11) is 3.66. The second kappa shape index (κ2) is 6.41. The van der Waals surface area contributed by atoms with E-state index in [0.29, 0.717) is 11.1 Å². The molecule has 1 N–H and O–H groups in total. The van der Waals surface area contributed by atoms with Crippen LogP contribution >= 0.6 is 11.6 Å². The first-order valence-electron chi connectivity index (χ1n) is 6.45. The molecule has 18 heavy (non-hydrogen) atoms. The van der Waals surface area contributed by atoms with Crippen molar-refractivity contribution < 1.29 is 4.74 Å². The largest absolute Gasteiger partial charge is 0.495 e. The third kappa shape index (κ3) is 3.16. The second-order valence-corrected chi connectivity index (χ2v) is 5.20. The van der Waals surface area contributed by atoms with Gasteiger partial charge in [0.2, 0.25) is 0 Å². The van der Waals surface area contributed by atoms with E-state index in [0.717, 1.165) is 18.8 Å². The molecule has 0 aliphatic carbocycles. The van der Waals surface area contributed by atoms with Gasteiger partial charge in [0.05, 0.1) is 12.1 Å². The lowest BCUT2D eigenvalue weighted by molar-refractivity contribution is 0.242. The number of hydrogen-bond acceptors (Lipinski definition) is 3. The van der Waals surface area contributed by atoms with Crippen LogP contribution in [0, 0.1) is 0 Å². The van der Waals surface area contributed by atoms with Crippen molar-refractivity contribution in [2.45, 2.75) is 25.4 Å². The number of nitrogens with one attached hydrogen (secondary N) is 1. The van der Waals surface area contributed by atoms with Crippen LogP contribution < -0.4 is 10.1 Å².